The number of aromatic nitrogens is 1. The summed E-state index contributed by atoms with van der Waals surface area (Å²) in [5, 5.41) is 0. The third-order valence-electron chi connectivity index (χ3n) is 4.37. The van der Waals surface area contributed by atoms with Crippen molar-refractivity contribution in [2.75, 3.05) is 21.3 Å². The maximum Gasteiger partial charge on any atom is 0.214 e. The van der Waals surface area contributed by atoms with Crippen LogP contribution in [0.25, 0.3) is 0 Å². The topological polar surface area (TPSA) is 56.2 Å². The number of aryl methyl sites for hydroxylation is 1. The van der Waals surface area contributed by atoms with Crippen molar-refractivity contribution in [2.24, 2.45) is 4.99 Å². The quantitative estimate of drug-likeness (QED) is 0.503. The first-order chi connectivity index (χ1) is 12.8. The Morgan fingerprint density at radius 1 is 1.04 bits per heavy atom. The van der Waals surface area contributed by atoms with Gasteiger partial charge < -0.3 is 19.1 Å². The molecule has 0 bridgehead atoms. The first-order valence-corrected chi connectivity index (χ1v) is 8.97. The number of methoxy groups -OCH3 is 2. The van der Waals surface area contributed by atoms with E-state index in [1.807, 2.05) is 62.5 Å². The number of rotatable bonds is 8. The highest BCUT2D eigenvalue weighted by molar-refractivity contribution is 5.62. The van der Waals surface area contributed by atoms with Crippen LogP contribution >= 0.6 is 0 Å². The van der Waals surface area contributed by atoms with Gasteiger partial charge in [0.2, 0.25) is 5.88 Å². The van der Waals surface area contributed by atoms with Crippen LogP contribution < -0.4 is 14.2 Å². The van der Waals surface area contributed by atoms with Crippen LogP contribution in [0.4, 0.5) is 5.69 Å². The van der Waals surface area contributed by atoms with Gasteiger partial charge in [-0.3, -0.25) is 0 Å². The van der Waals surface area contributed by atoms with E-state index in [0.29, 0.717) is 11.9 Å². The SMILES string of the molecule is COc1cc(OC)cc(C(C)Oc2ccc(N=CN(C)C(C)C)c(C)n2)c1. The molecule has 0 spiro atoms. The molecule has 0 radical (unpaired) electrons. The van der Waals surface area contributed by atoms with Crippen molar-refractivity contribution in [3.63, 3.8) is 0 Å². The lowest BCUT2D eigenvalue weighted by Crippen LogP contribution is -2.24. The minimum Gasteiger partial charge on any atom is -0.497 e. The fourth-order valence-corrected chi connectivity index (χ4v) is 2.33. The van der Waals surface area contributed by atoms with Gasteiger partial charge in [0.25, 0.3) is 0 Å². The van der Waals surface area contributed by atoms with Crippen LogP contribution in [-0.2, 0) is 0 Å². The van der Waals surface area contributed by atoms with Gasteiger partial charge in [0.05, 0.1) is 31.9 Å². The summed E-state index contributed by atoms with van der Waals surface area (Å²) in [5.41, 5.74) is 2.59. The molecule has 1 aromatic carbocycles. The normalized spacial score (nSPS) is 12.3. The predicted octanol–water partition coefficient (Wildman–Crippen LogP) is 4.55. The molecule has 0 saturated heterocycles. The molecule has 0 fully saturated rings. The highest BCUT2D eigenvalue weighted by Gasteiger charge is 2.12. The molecule has 2 aromatic rings. The standard InChI is InChI=1S/C21H29N3O3/c1-14(2)24(5)13-22-20-8-9-21(23-15(20)3)27-16(4)17-10-18(25-6)12-19(11-17)26-7/h8-14,16H,1-7H3. The first kappa shape index (κ1) is 20.6. The number of hydrogen-bond acceptors (Lipinski definition) is 5. The van der Waals surface area contributed by atoms with Gasteiger partial charge in [-0.15, -0.1) is 0 Å². The van der Waals surface area contributed by atoms with Crippen molar-refractivity contribution in [1.29, 1.82) is 0 Å². The lowest BCUT2D eigenvalue weighted by molar-refractivity contribution is 0.216. The van der Waals surface area contributed by atoms with Crippen molar-refractivity contribution < 1.29 is 14.2 Å². The van der Waals surface area contributed by atoms with E-state index in [4.69, 9.17) is 14.2 Å². The highest BCUT2D eigenvalue weighted by Crippen LogP contribution is 2.29. The largest absolute Gasteiger partial charge is 0.497 e. The maximum absolute atomic E-state index is 6.01. The van der Waals surface area contributed by atoms with E-state index in [1.54, 1.807) is 14.2 Å². The average molecular weight is 371 g/mol. The summed E-state index contributed by atoms with van der Waals surface area (Å²) >= 11 is 0. The first-order valence-electron chi connectivity index (χ1n) is 8.97. The number of pyridine rings is 1. The van der Waals surface area contributed by atoms with Crippen LogP contribution in [-0.4, -0.2) is 43.5 Å². The van der Waals surface area contributed by atoms with E-state index in [2.05, 4.69) is 23.8 Å². The predicted molar refractivity (Wildman–Crippen MR) is 109 cm³/mol. The molecule has 1 atom stereocenters. The fraction of sp³-hybridized carbons (Fsp3) is 0.429. The molecule has 1 unspecified atom stereocenters. The molecule has 6 heteroatoms. The Morgan fingerprint density at radius 2 is 1.67 bits per heavy atom. The van der Waals surface area contributed by atoms with E-state index in [1.165, 1.54) is 0 Å². The molecule has 6 nitrogen and oxygen atoms in total. The van der Waals surface area contributed by atoms with Crippen LogP contribution in [0.2, 0.25) is 0 Å². The van der Waals surface area contributed by atoms with Crippen LogP contribution in [0.15, 0.2) is 35.3 Å². The summed E-state index contributed by atoms with van der Waals surface area (Å²) in [6, 6.07) is 9.84. The van der Waals surface area contributed by atoms with Gasteiger partial charge >= 0.3 is 0 Å². The Kier molecular flexibility index (Phi) is 7.05. The van der Waals surface area contributed by atoms with Gasteiger partial charge in [-0.1, -0.05) is 0 Å². The number of aliphatic imine (C=N–C) groups is 1. The van der Waals surface area contributed by atoms with Gasteiger partial charge in [-0.2, -0.15) is 0 Å². The number of hydrogen-bond donors (Lipinski definition) is 0. The second-order valence-corrected chi connectivity index (χ2v) is 6.66. The fourth-order valence-electron chi connectivity index (χ4n) is 2.33. The third kappa shape index (κ3) is 5.61. The summed E-state index contributed by atoms with van der Waals surface area (Å²) in [6.07, 6.45) is 1.61. The number of nitrogens with zero attached hydrogens (tertiary/aromatic N) is 3. The van der Waals surface area contributed by atoms with Gasteiger partial charge in [0.1, 0.15) is 17.6 Å². The van der Waals surface area contributed by atoms with E-state index in [-0.39, 0.29) is 6.10 Å². The second kappa shape index (κ2) is 9.26. The molecule has 146 valence electrons. The minimum atomic E-state index is -0.206. The zero-order valence-corrected chi connectivity index (χ0v) is 17.2. The van der Waals surface area contributed by atoms with Crippen molar-refractivity contribution >= 4 is 12.0 Å². The second-order valence-electron chi connectivity index (χ2n) is 6.66. The van der Waals surface area contributed by atoms with E-state index < -0.39 is 0 Å². The van der Waals surface area contributed by atoms with Gasteiger partial charge in [0, 0.05) is 25.2 Å². The molecule has 2 rings (SSSR count). The molecule has 0 saturated carbocycles. The Bertz CT molecular complexity index is 768. The lowest BCUT2D eigenvalue weighted by atomic mass is 10.1. The van der Waals surface area contributed by atoms with Crippen LogP contribution in [0, 0.1) is 6.92 Å². The van der Waals surface area contributed by atoms with Crippen LogP contribution in [0.5, 0.6) is 17.4 Å². The Hall–Kier alpha value is -2.76. The molecule has 0 aliphatic heterocycles. The molecule has 27 heavy (non-hydrogen) atoms. The van der Waals surface area contributed by atoms with Gasteiger partial charge in [0.15, 0.2) is 0 Å². The van der Waals surface area contributed by atoms with Crippen molar-refractivity contribution in [3.05, 3.63) is 41.6 Å². The molecule has 0 amide bonds. The monoisotopic (exact) mass is 371 g/mol. The van der Waals surface area contributed by atoms with Crippen LogP contribution in [0.3, 0.4) is 0 Å². The summed E-state index contributed by atoms with van der Waals surface area (Å²) in [7, 11) is 5.26. The average Bonchev–Trinajstić information content (AvgIpc) is 2.66. The van der Waals surface area contributed by atoms with Crippen LogP contribution in [0.1, 0.15) is 38.1 Å². The molecule has 1 heterocycles. The molecule has 0 N–H and O–H groups in total. The Morgan fingerprint density at radius 3 is 2.19 bits per heavy atom. The molecule has 0 aliphatic carbocycles. The van der Waals surface area contributed by atoms with E-state index in [9.17, 15) is 0 Å². The zero-order chi connectivity index (χ0) is 20.0. The van der Waals surface area contributed by atoms with Crippen molar-refractivity contribution in [2.45, 2.75) is 39.8 Å². The molecule has 1 aromatic heterocycles. The maximum atomic E-state index is 6.01. The smallest absolute Gasteiger partial charge is 0.214 e. The van der Waals surface area contributed by atoms with Gasteiger partial charge in [-0.05, 0) is 51.5 Å². The highest BCUT2D eigenvalue weighted by atomic mass is 16.5. The zero-order valence-electron chi connectivity index (χ0n) is 17.2. The Labute approximate surface area is 161 Å². The van der Waals surface area contributed by atoms with E-state index >= 15 is 0 Å². The van der Waals surface area contributed by atoms with Gasteiger partial charge in [-0.25, -0.2) is 9.98 Å². The summed E-state index contributed by atoms with van der Waals surface area (Å²) < 4.78 is 16.7. The summed E-state index contributed by atoms with van der Waals surface area (Å²) in [5.74, 6) is 2.00. The molecule has 0 aliphatic rings. The summed E-state index contributed by atoms with van der Waals surface area (Å²) in [4.78, 5) is 11.1. The van der Waals surface area contributed by atoms with Crippen molar-refractivity contribution in [1.82, 2.24) is 9.88 Å². The summed E-state index contributed by atoms with van der Waals surface area (Å²) in [6.45, 7) is 8.12. The lowest BCUT2D eigenvalue weighted by Gasteiger charge is -2.18. The molecular formula is C21H29N3O3. The number of ether oxygens (including phenoxy) is 3. The van der Waals surface area contributed by atoms with E-state index in [0.717, 1.165) is 28.4 Å². The molecular weight excluding hydrogens is 342 g/mol. The Balaban J connectivity index is 2.15. The minimum absolute atomic E-state index is 0.206. The third-order valence-corrected chi connectivity index (χ3v) is 4.37. The van der Waals surface area contributed by atoms with Crippen molar-refractivity contribution in [3.8, 4) is 17.4 Å². The number of benzene rings is 1.